The van der Waals surface area contributed by atoms with Crippen molar-refractivity contribution in [2.45, 2.75) is 26.3 Å². The van der Waals surface area contributed by atoms with Crippen molar-refractivity contribution in [1.29, 1.82) is 0 Å². The molecule has 1 aliphatic heterocycles. The summed E-state index contributed by atoms with van der Waals surface area (Å²) in [6, 6.07) is 15.4. The number of rotatable bonds is 2. The summed E-state index contributed by atoms with van der Waals surface area (Å²) in [5, 5.41) is 3.67. The van der Waals surface area contributed by atoms with Crippen LogP contribution in [0, 0.1) is 13.8 Å². The van der Waals surface area contributed by atoms with Crippen molar-refractivity contribution in [3.8, 4) is 0 Å². The molecule has 2 heterocycles. The summed E-state index contributed by atoms with van der Waals surface area (Å²) in [6.45, 7) is 7.30. The Kier molecular flexibility index (Phi) is 4.20. The number of hydrogen-bond acceptors (Lipinski definition) is 3. The standard InChI is InChI=1S/C18H23N3/c1-14-9-10-18(15(2)20-14)21-12-6-11-19-17(13-21)16-7-4-3-5-8-16/h3-5,7-10,17,19H,6,11-13H2,1-2H3. The predicted octanol–water partition coefficient (Wildman–Crippen LogP) is 3.24. The van der Waals surface area contributed by atoms with Gasteiger partial charge >= 0.3 is 0 Å². The highest BCUT2D eigenvalue weighted by molar-refractivity contribution is 5.51. The molecule has 1 unspecified atom stereocenters. The molecular weight excluding hydrogens is 258 g/mol. The number of nitrogens with one attached hydrogen (secondary N) is 1. The maximum absolute atomic E-state index is 4.62. The van der Waals surface area contributed by atoms with Gasteiger partial charge in [0.2, 0.25) is 0 Å². The molecule has 21 heavy (non-hydrogen) atoms. The smallest absolute Gasteiger partial charge is 0.0608 e. The number of anilines is 1. The van der Waals surface area contributed by atoms with Crippen LogP contribution >= 0.6 is 0 Å². The normalized spacial score (nSPS) is 19.3. The van der Waals surface area contributed by atoms with Gasteiger partial charge in [-0.25, -0.2) is 0 Å². The molecule has 0 spiro atoms. The van der Waals surface area contributed by atoms with Crippen LogP contribution in [0.25, 0.3) is 0 Å². The SMILES string of the molecule is Cc1ccc(N2CCCNC(c3ccccc3)C2)c(C)n1. The van der Waals surface area contributed by atoms with Crippen LogP contribution in [0.5, 0.6) is 0 Å². The van der Waals surface area contributed by atoms with Crippen LogP contribution in [-0.2, 0) is 0 Å². The minimum atomic E-state index is 0.384. The first-order chi connectivity index (χ1) is 10.2. The van der Waals surface area contributed by atoms with E-state index < -0.39 is 0 Å². The molecule has 3 nitrogen and oxygen atoms in total. The highest BCUT2D eigenvalue weighted by Gasteiger charge is 2.20. The van der Waals surface area contributed by atoms with Crippen molar-refractivity contribution >= 4 is 5.69 Å². The molecule has 1 fully saturated rings. The molecule has 1 aliphatic rings. The zero-order chi connectivity index (χ0) is 14.7. The van der Waals surface area contributed by atoms with Crippen molar-refractivity contribution in [2.75, 3.05) is 24.5 Å². The lowest BCUT2D eigenvalue weighted by Gasteiger charge is -2.27. The molecule has 110 valence electrons. The van der Waals surface area contributed by atoms with Crippen LogP contribution < -0.4 is 10.2 Å². The lowest BCUT2D eigenvalue weighted by Crippen LogP contribution is -2.31. The van der Waals surface area contributed by atoms with E-state index in [0.29, 0.717) is 6.04 Å². The molecule has 0 bridgehead atoms. The van der Waals surface area contributed by atoms with Crippen molar-refractivity contribution < 1.29 is 0 Å². The summed E-state index contributed by atoms with van der Waals surface area (Å²) in [5.41, 5.74) is 4.85. The van der Waals surface area contributed by atoms with Crippen LogP contribution in [0.15, 0.2) is 42.5 Å². The summed E-state index contributed by atoms with van der Waals surface area (Å²) in [4.78, 5) is 7.09. The molecule has 2 aromatic rings. The zero-order valence-electron chi connectivity index (χ0n) is 12.8. The maximum atomic E-state index is 4.62. The highest BCUT2D eigenvalue weighted by atomic mass is 15.2. The summed E-state index contributed by atoms with van der Waals surface area (Å²) in [7, 11) is 0. The van der Waals surface area contributed by atoms with Crippen LogP contribution in [0.3, 0.4) is 0 Å². The number of pyridine rings is 1. The van der Waals surface area contributed by atoms with Crippen molar-refractivity contribution in [1.82, 2.24) is 10.3 Å². The number of benzene rings is 1. The van der Waals surface area contributed by atoms with Gasteiger partial charge in [0.15, 0.2) is 0 Å². The molecular formula is C18H23N3. The second kappa shape index (κ2) is 6.27. The second-order valence-corrected chi connectivity index (χ2v) is 5.77. The van der Waals surface area contributed by atoms with Crippen LogP contribution in [0.1, 0.15) is 29.4 Å². The maximum Gasteiger partial charge on any atom is 0.0608 e. The third-order valence-electron chi connectivity index (χ3n) is 4.14. The van der Waals surface area contributed by atoms with Gasteiger partial charge in [-0.15, -0.1) is 0 Å². The van der Waals surface area contributed by atoms with Crippen LogP contribution in [0.2, 0.25) is 0 Å². The van der Waals surface area contributed by atoms with Gasteiger partial charge in [0.25, 0.3) is 0 Å². The van der Waals surface area contributed by atoms with Gasteiger partial charge in [-0.05, 0) is 44.5 Å². The Labute approximate surface area is 127 Å². The number of hydrogen-bond donors (Lipinski definition) is 1. The molecule has 3 rings (SSSR count). The second-order valence-electron chi connectivity index (χ2n) is 5.77. The van der Waals surface area contributed by atoms with Gasteiger partial charge in [-0.1, -0.05) is 30.3 Å². The fourth-order valence-corrected chi connectivity index (χ4v) is 3.06. The largest absolute Gasteiger partial charge is 0.368 e. The van der Waals surface area contributed by atoms with Crippen LogP contribution in [-0.4, -0.2) is 24.6 Å². The Hall–Kier alpha value is -1.87. The monoisotopic (exact) mass is 281 g/mol. The third-order valence-corrected chi connectivity index (χ3v) is 4.14. The van der Waals surface area contributed by atoms with E-state index in [2.05, 4.69) is 64.6 Å². The number of aryl methyl sites for hydroxylation is 2. The number of nitrogens with zero attached hydrogens (tertiary/aromatic N) is 2. The first-order valence-electron chi connectivity index (χ1n) is 7.71. The zero-order valence-corrected chi connectivity index (χ0v) is 12.8. The van der Waals surface area contributed by atoms with E-state index in [1.54, 1.807) is 0 Å². The molecule has 0 amide bonds. The molecule has 1 saturated heterocycles. The topological polar surface area (TPSA) is 28.2 Å². The van der Waals surface area contributed by atoms with E-state index in [0.717, 1.165) is 37.4 Å². The minimum absolute atomic E-state index is 0.384. The van der Waals surface area contributed by atoms with Gasteiger partial charge in [-0.3, -0.25) is 4.98 Å². The first kappa shape index (κ1) is 14.1. The molecule has 1 N–H and O–H groups in total. The predicted molar refractivity (Wildman–Crippen MR) is 87.7 cm³/mol. The molecule has 0 radical (unpaired) electrons. The van der Waals surface area contributed by atoms with Gasteiger partial charge in [0.1, 0.15) is 0 Å². The molecule has 0 saturated carbocycles. The van der Waals surface area contributed by atoms with E-state index >= 15 is 0 Å². The molecule has 1 aromatic carbocycles. The van der Waals surface area contributed by atoms with E-state index in [9.17, 15) is 0 Å². The lowest BCUT2D eigenvalue weighted by atomic mass is 10.1. The van der Waals surface area contributed by atoms with Crippen molar-refractivity contribution in [3.05, 3.63) is 59.4 Å². The average molecular weight is 281 g/mol. The van der Waals surface area contributed by atoms with Gasteiger partial charge in [0, 0.05) is 24.8 Å². The Bertz CT molecular complexity index is 595. The molecule has 1 aromatic heterocycles. The summed E-state index contributed by atoms with van der Waals surface area (Å²) >= 11 is 0. The fraction of sp³-hybridized carbons (Fsp3) is 0.389. The van der Waals surface area contributed by atoms with Gasteiger partial charge in [0.05, 0.1) is 11.4 Å². The molecule has 1 atom stereocenters. The Morgan fingerprint density at radius 1 is 1.10 bits per heavy atom. The van der Waals surface area contributed by atoms with Crippen molar-refractivity contribution in [3.63, 3.8) is 0 Å². The molecule has 3 heteroatoms. The third kappa shape index (κ3) is 3.24. The van der Waals surface area contributed by atoms with E-state index in [1.165, 1.54) is 11.3 Å². The highest BCUT2D eigenvalue weighted by Crippen LogP contribution is 2.24. The van der Waals surface area contributed by atoms with Gasteiger partial charge in [-0.2, -0.15) is 0 Å². The first-order valence-corrected chi connectivity index (χ1v) is 7.71. The fourth-order valence-electron chi connectivity index (χ4n) is 3.06. The van der Waals surface area contributed by atoms with Crippen LogP contribution in [0.4, 0.5) is 5.69 Å². The van der Waals surface area contributed by atoms with E-state index in [-0.39, 0.29) is 0 Å². The summed E-state index contributed by atoms with van der Waals surface area (Å²) in [5.74, 6) is 0. The lowest BCUT2D eigenvalue weighted by molar-refractivity contribution is 0.569. The number of aromatic nitrogens is 1. The quantitative estimate of drug-likeness (QED) is 0.916. The summed E-state index contributed by atoms with van der Waals surface area (Å²) in [6.07, 6.45) is 1.16. The van der Waals surface area contributed by atoms with E-state index in [1.807, 2.05) is 6.92 Å². The van der Waals surface area contributed by atoms with Crippen molar-refractivity contribution in [2.24, 2.45) is 0 Å². The Morgan fingerprint density at radius 3 is 2.67 bits per heavy atom. The van der Waals surface area contributed by atoms with Gasteiger partial charge < -0.3 is 10.2 Å². The average Bonchev–Trinajstić information content (AvgIpc) is 2.74. The Balaban J connectivity index is 1.85. The minimum Gasteiger partial charge on any atom is -0.368 e. The Morgan fingerprint density at radius 2 is 1.90 bits per heavy atom. The molecule has 0 aliphatic carbocycles. The summed E-state index contributed by atoms with van der Waals surface area (Å²) < 4.78 is 0. The van der Waals surface area contributed by atoms with E-state index in [4.69, 9.17) is 0 Å².